The fourth-order valence-electron chi connectivity index (χ4n) is 2.81. The van der Waals surface area contributed by atoms with Crippen LogP contribution in [0.3, 0.4) is 0 Å². The summed E-state index contributed by atoms with van der Waals surface area (Å²) in [6, 6.07) is -4.92. The largest absolute Gasteiger partial charge is 0.480 e. The molecule has 0 bridgehead atoms. The van der Waals surface area contributed by atoms with Crippen molar-refractivity contribution in [1.82, 2.24) is 16.0 Å². The molecule has 3 amide bonds. The highest BCUT2D eigenvalue weighted by molar-refractivity contribution is 7.80. The van der Waals surface area contributed by atoms with Crippen molar-refractivity contribution < 1.29 is 29.4 Å². The summed E-state index contributed by atoms with van der Waals surface area (Å²) in [4.78, 5) is 56.8. The number of hydrogen-bond donors (Lipinski definition) is 11. The van der Waals surface area contributed by atoms with Gasteiger partial charge in [0.15, 0.2) is 18.0 Å². The molecule has 0 aromatic carbocycles. The van der Waals surface area contributed by atoms with Gasteiger partial charge in [-0.25, -0.2) is 4.79 Å². The van der Waals surface area contributed by atoms with Crippen LogP contribution in [0.2, 0.25) is 0 Å². The Morgan fingerprint density at radius 3 is 1.75 bits per heavy atom. The number of aliphatic imine (C=N–C) groups is 2. The number of aliphatic hydroxyl groups is 1. The van der Waals surface area contributed by atoms with E-state index >= 15 is 0 Å². The van der Waals surface area contributed by atoms with Crippen LogP contribution >= 0.6 is 12.6 Å². The molecule has 0 aliphatic carbocycles. The van der Waals surface area contributed by atoms with E-state index in [0.29, 0.717) is 12.8 Å². The molecule has 17 heteroatoms. The third-order valence-corrected chi connectivity index (χ3v) is 5.11. The molecule has 0 aromatic heterocycles. The van der Waals surface area contributed by atoms with Crippen molar-refractivity contribution >= 4 is 48.2 Å². The maximum Gasteiger partial charge on any atom is 0.328 e. The van der Waals surface area contributed by atoms with Gasteiger partial charge in [-0.3, -0.25) is 24.4 Å². The van der Waals surface area contributed by atoms with Crippen molar-refractivity contribution in [2.45, 2.75) is 62.9 Å². The molecule has 16 nitrogen and oxygen atoms in total. The molecular formula is C19H38N10O6S. The predicted octanol–water partition coefficient (Wildman–Crippen LogP) is -4.73. The minimum atomic E-state index is -1.59. The maximum atomic E-state index is 12.9. The first-order valence-corrected chi connectivity index (χ1v) is 11.7. The molecule has 0 rings (SSSR count). The van der Waals surface area contributed by atoms with Gasteiger partial charge in [0.05, 0.1) is 12.1 Å². The number of rotatable bonds is 17. The number of guanidine groups is 2. The van der Waals surface area contributed by atoms with Gasteiger partial charge in [-0.15, -0.1) is 0 Å². The quantitative estimate of drug-likeness (QED) is 0.0364. The van der Waals surface area contributed by atoms with E-state index < -0.39 is 54.0 Å². The van der Waals surface area contributed by atoms with E-state index in [4.69, 9.17) is 33.8 Å². The molecule has 0 radical (unpaired) electrons. The van der Waals surface area contributed by atoms with Gasteiger partial charge in [-0.2, -0.15) is 12.6 Å². The van der Waals surface area contributed by atoms with Crippen LogP contribution in [0.1, 0.15) is 32.6 Å². The zero-order valence-corrected chi connectivity index (χ0v) is 21.0. The van der Waals surface area contributed by atoms with Gasteiger partial charge >= 0.3 is 5.97 Å². The Kier molecular flexibility index (Phi) is 15.6. The number of thiol groups is 1. The molecule has 36 heavy (non-hydrogen) atoms. The summed E-state index contributed by atoms with van der Waals surface area (Å²) in [5.41, 5.74) is 27.0. The van der Waals surface area contributed by atoms with Gasteiger partial charge in [-0.1, -0.05) is 0 Å². The number of aliphatic carboxylic acids is 1. The smallest absolute Gasteiger partial charge is 0.328 e. The molecule has 0 heterocycles. The average molecular weight is 535 g/mol. The number of nitrogens with two attached hydrogens (primary N) is 5. The van der Waals surface area contributed by atoms with Gasteiger partial charge in [0.25, 0.3) is 0 Å². The Balaban J connectivity index is 5.32. The first kappa shape index (κ1) is 32.7. The molecular weight excluding hydrogens is 496 g/mol. The number of aliphatic hydroxyl groups excluding tert-OH is 1. The van der Waals surface area contributed by atoms with Crippen molar-refractivity contribution in [3.8, 4) is 0 Å². The summed E-state index contributed by atoms with van der Waals surface area (Å²) < 4.78 is 0. The predicted molar refractivity (Wildman–Crippen MR) is 137 cm³/mol. The lowest BCUT2D eigenvalue weighted by molar-refractivity contribution is -0.145. The van der Waals surface area contributed by atoms with Crippen LogP contribution in [0, 0.1) is 0 Å². The van der Waals surface area contributed by atoms with Crippen LogP contribution in [-0.2, 0) is 19.2 Å². The van der Waals surface area contributed by atoms with E-state index in [-0.39, 0.29) is 43.6 Å². The highest BCUT2D eigenvalue weighted by Gasteiger charge is 2.31. The lowest BCUT2D eigenvalue weighted by Crippen LogP contribution is -2.58. The Bertz CT molecular complexity index is 802. The SMILES string of the molecule is CC(O)C(NC(=O)C(CS)NC(=O)C(CCCN=C(N)N)NC(=O)C(N)CCCN=C(N)N)C(=O)O. The molecule has 15 N–H and O–H groups in total. The number of nitrogens with one attached hydrogen (secondary N) is 3. The molecule has 0 saturated carbocycles. The van der Waals surface area contributed by atoms with E-state index in [2.05, 4.69) is 38.6 Å². The summed E-state index contributed by atoms with van der Waals surface area (Å²) in [6.45, 7) is 1.64. The van der Waals surface area contributed by atoms with Crippen molar-refractivity contribution in [3.05, 3.63) is 0 Å². The van der Waals surface area contributed by atoms with Gasteiger partial charge in [0.1, 0.15) is 12.1 Å². The molecule has 0 aliphatic rings. The van der Waals surface area contributed by atoms with E-state index in [9.17, 15) is 24.3 Å². The van der Waals surface area contributed by atoms with Crippen LogP contribution in [0.15, 0.2) is 9.98 Å². The van der Waals surface area contributed by atoms with Crippen LogP contribution in [-0.4, -0.2) is 94.9 Å². The van der Waals surface area contributed by atoms with Gasteiger partial charge in [0.2, 0.25) is 17.7 Å². The monoisotopic (exact) mass is 534 g/mol. The van der Waals surface area contributed by atoms with E-state index in [1.165, 1.54) is 6.92 Å². The van der Waals surface area contributed by atoms with Crippen molar-refractivity contribution in [2.75, 3.05) is 18.8 Å². The molecule has 0 saturated heterocycles. The number of carbonyl (C=O) groups excluding carboxylic acids is 3. The Morgan fingerprint density at radius 1 is 0.833 bits per heavy atom. The molecule has 0 aromatic rings. The second-order valence-electron chi connectivity index (χ2n) is 7.87. The number of carbonyl (C=O) groups is 4. The van der Waals surface area contributed by atoms with Crippen molar-refractivity contribution in [2.24, 2.45) is 38.7 Å². The second kappa shape index (κ2) is 17.2. The molecule has 0 spiro atoms. The minimum Gasteiger partial charge on any atom is -0.480 e. The Labute approximate surface area is 214 Å². The standard InChI is InChI=1S/C19H38N10O6S/c1-9(30)13(17(34)35)29-16(33)12(8-36)28-15(32)11(5-3-7-26-19(23)24)27-14(31)10(20)4-2-6-25-18(21)22/h9-13,30,36H,2-8,20H2,1H3,(H,27,31)(H,28,32)(H,29,33)(H,34,35)(H4,21,22,25)(H4,23,24,26). The summed E-state index contributed by atoms with van der Waals surface area (Å²) >= 11 is 4.03. The zero-order valence-electron chi connectivity index (χ0n) is 20.1. The van der Waals surface area contributed by atoms with E-state index in [0.717, 1.165) is 0 Å². The first-order chi connectivity index (χ1) is 16.8. The fourth-order valence-corrected chi connectivity index (χ4v) is 3.07. The van der Waals surface area contributed by atoms with Crippen LogP contribution in [0.5, 0.6) is 0 Å². The number of nitrogens with zero attached hydrogens (tertiary/aromatic N) is 2. The van der Waals surface area contributed by atoms with E-state index in [1.54, 1.807) is 0 Å². The summed E-state index contributed by atoms with van der Waals surface area (Å²) in [5, 5.41) is 25.8. The van der Waals surface area contributed by atoms with Gasteiger partial charge in [-0.05, 0) is 32.6 Å². The Morgan fingerprint density at radius 2 is 1.31 bits per heavy atom. The third kappa shape index (κ3) is 13.5. The van der Waals surface area contributed by atoms with Crippen molar-refractivity contribution in [3.63, 3.8) is 0 Å². The topological polar surface area (TPSA) is 300 Å². The Hall–Kier alpha value is -3.31. The highest BCUT2D eigenvalue weighted by atomic mass is 32.1. The lowest BCUT2D eigenvalue weighted by atomic mass is 10.1. The normalized spacial score (nSPS) is 14.8. The third-order valence-electron chi connectivity index (χ3n) is 4.74. The van der Waals surface area contributed by atoms with Crippen LogP contribution in [0.4, 0.5) is 0 Å². The van der Waals surface area contributed by atoms with Gasteiger partial charge < -0.3 is 54.8 Å². The zero-order chi connectivity index (χ0) is 27.8. The highest BCUT2D eigenvalue weighted by Crippen LogP contribution is 2.04. The number of amides is 3. The number of carboxylic acids is 1. The summed E-state index contributed by atoms with van der Waals surface area (Å²) in [7, 11) is 0. The number of carboxylic acid groups (broad SMARTS) is 1. The van der Waals surface area contributed by atoms with E-state index in [1.807, 2.05) is 0 Å². The lowest BCUT2D eigenvalue weighted by Gasteiger charge is -2.25. The first-order valence-electron chi connectivity index (χ1n) is 11.1. The molecule has 0 aliphatic heterocycles. The van der Waals surface area contributed by atoms with Crippen LogP contribution in [0.25, 0.3) is 0 Å². The molecule has 0 fully saturated rings. The second-order valence-corrected chi connectivity index (χ2v) is 8.24. The average Bonchev–Trinajstić information content (AvgIpc) is 2.79. The summed E-state index contributed by atoms with van der Waals surface area (Å²) in [6.07, 6.45) is -0.330. The summed E-state index contributed by atoms with van der Waals surface area (Å²) in [5.74, 6) is -4.11. The molecule has 5 atom stereocenters. The molecule has 5 unspecified atom stereocenters. The minimum absolute atomic E-state index is 0.0866. The van der Waals surface area contributed by atoms with Crippen LogP contribution < -0.4 is 44.6 Å². The fraction of sp³-hybridized carbons (Fsp3) is 0.684. The maximum absolute atomic E-state index is 12.9. The molecule has 206 valence electrons. The van der Waals surface area contributed by atoms with Gasteiger partial charge in [0, 0.05) is 18.8 Å². The number of hydrogen-bond acceptors (Lipinski definition) is 9. The van der Waals surface area contributed by atoms with Crippen molar-refractivity contribution in [1.29, 1.82) is 0 Å².